The van der Waals surface area contributed by atoms with Gasteiger partial charge < -0.3 is 9.80 Å². The minimum Gasteiger partial charge on any atom is -0.335 e. The standard InChI is InChI=1S/C19H19FN2O2/c1-14-4-2-3-5-17(14)19(24)22-12-10-21(11-13-22)18(23)15-6-8-16(20)9-7-15/h2-9H,10-13H2,1H3. The predicted octanol–water partition coefficient (Wildman–Crippen LogP) is 2.73. The smallest absolute Gasteiger partial charge is 0.254 e. The maximum Gasteiger partial charge on any atom is 0.254 e. The van der Waals surface area contributed by atoms with Crippen molar-refractivity contribution < 1.29 is 14.0 Å². The summed E-state index contributed by atoms with van der Waals surface area (Å²) in [6.45, 7) is 3.88. The number of aryl methyl sites for hydroxylation is 1. The highest BCUT2D eigenvalue weighted by Gasteiger charge is 2.26. The van der Waals surface area contributed by atoms with E-state index in [0.717, 1.165) is 5.56 Å². The quantitative estimate of drug-likeness (QED) is 0.851. The highest BCUT2D eigenvalue weighted by Crippen LogP contribution is 2.14. The van der Waals surface area contributed by atoms with E-state index in [2.05, 4.69) is 0 Å². The SMILES string of the molecule is Cc1ccccc1C(=O)N1CCN(C(=O)c2ccc(F)cc2)CC1. The molecule has 1 fully saturated rings. The van der Waals surface area contributed by atoms with Gasteiger partial charge in [-0.15, -0.1) is 0 Å². The summed E-state index contributed by atoms with van der Waals surface area (Å²) in [5.41, 5.74) is 2.12. The Kier molecular flexibility index (Phi) is 4.60. The number of nitrogens with zero attached hydrogens (tertiary/aromatic N) is 2. The Morgan fingerprint density at radius 2 is 1.38 bits per heavy atom. The lowest BCUT2D eigenvalue weighted by atomic mass is 10.1. The van der Waals surface area contributed by atoms with Crippen LogP contribution in [0, 0.1) is 12.7 Å². The van der Waals surface area contributed by atoms with Crippen molar-refractivity contribution >= 4 is 11.8 Å². The Labute approximate surface area is 140 Å². The zero-order valence-corrected chi connectivity index (χ0v) is 13.5. The van der Waals surface area contributed by atoms with Gasteiger partial charge in [0.25, 0.3) is 11.8 Å². The molecule has 0 saturated carbocycles. The third-order valence-electron chi connectivity index (χ3n) is 4.32. The zero-order chi connectivity index (χ0) is 17.1. The number of hydrogen-bond donors (Lipinski definition) is 0. The van der Waals surface area contributed by atoms with Crippen LogP contribution in [0.3, 0.4) is 0 Å². The summed E-state index contributed by atoms with van der Waals surface area (Å²) in [4.78, 5) is 28.5. The molecule has 0 atom stereocenters. The molecule has 24 heavy (non-hydrogen) atoms. The molecular weight excluding hydrogens is 307 g/mol. The molecule has 2 aromatic rings. The van der Waals surface area contributed by atoms with Crippen LogP contribution in [0.5, 0.6) is 0 Å². The summed E-state index contributed by atoms with van der Waals surface area (Å²) in [6.07, 6.45) is 0. The van der Waals surface area contributed by atoms with Crippen molar-refractivity contribution in [1.29, 1.82) is 0 Å². The number of rotatable bonds is 2. The fourth-order valence-corrected chi connectivity index (χ4v) is 2.87. The number of hydrogen-bond acceptors (Lipinski definition) is 2. The maximum absolute atomic E-state index is 13.0. The van der Waals surface area contributed by atoms with E-state index in [1.165, 1.54) is 24.3 Å². The Hall–Kier alpha value is -2.69. The lowest BCUT2D eigenvalue weighted by Gasteiger charge is -2.35. The van der Waals surface area contributed by atoms with Gasteiger partial charge in [-0.3, -0.25) is 9.59 Å². The van der Waals surface area contributed by atoms with Gasteiger partial charge >= 0.3 is 0 Å². The van der Waals surface area contributed by atoms with E-state index < -0.39 is 0 Å². The molecule has 1 aliphatic heterocycles. The summed E-state index contributed by atoms with van der Waals surface area (Å²) < 4.78 is 13.0. The average molecular weight is 326 g/mol. The van der Waals surface area contributed by atoms with Crippen LogP contribution >= 0.6 is 0 Å². The molecule has 2 aromatic carbocycles. The Balaban J connectivity index is 1.63. The van der Waals surface area contributed by atoms with Crippen LogP contribution in [0.15, 0.2) is 48.5 Å². The molecule has 1 heterocycles. The summed E-state index contributed by atoms with van der Waals surface area (Å²) in [7, 11) is 0. The summed E-state index contributed by atoms with van der Waals surface area (Å²) in [5, 5.41) is 0. The van der Waals surface area contributed by atoms with Crippen molar-refractivity contribution in [3.8, 4) is 0 Å². The number of piperazine rings is 1. The van der Waals surface area contributed by atoms with Crippen molar-refractivity contribution in [2.75, 3.05) is 26.2 Å². The second-order valence-electron chi connectivity index (χ2n) is 5.91. The van der Waals surface area contributed by atoms with Gasteiger partial charge in [-0.05, 0) is 42.8 Å². The topological polar surface area (TPSA) is 40.6 Å². The number of benzene rings is 2. The van der Waals surface area contributed by atoms with Crippen LogP contribution in [-0.4, -0.2) is 47.8 Å². The molecule has 1 aliphatic rings. The van der Waals surface area contributed by atoms with E-state index in [1.54, 1.807) is 9.80 Å². The summed E-state index contributed by atoms with van der Waals surface area (Å²) in [5.74, 6) is -0.486. The number of amides is 2. The Bertz CT molecular complexity index is 750. The maximum atomic E-state index is 13.0. The van der Waals surface area contributed by atoms with E-state index in [0.29, 0.717) is 37.3 Å². The first-order chi connectivity index (χ1) is 11.6. The fraction of sp³-hybridized carbons (Fsp3) is 0.263. The van der Waals surface area contributed by atoms with Gasteiger partial charge in [0.1, 0.15) is 5.82 Å². The lowest BCUT2D eigenvalue weighted by Crippen LogP contribution is -2.50. The predicted molar refractivity (Wildman–Crippen MR) is 89.4 cm³/mol. The molecule has 5 heteroatoms. The monoisotopic (exact) mass is 326 g/mol. The molecule has 0 aliphatic carbocycles. The van der Waals surface area contributed by atoms with E-state index >= 15 is 0 Å². The molecule has 4 nitrogen and oxygen atoms in total. The van der Waals surface area contributed by atoms with Crippen LogP contribution in [0.1, 0.15) is 26.3 Å². The van der Waals surface area contributed by atoms with Crippen LogP contribution in [-0.2, 0) is 0 Å². The minimum absolute atomic E-state index is 0.00183. The van der Waals surface area contributed by atoms with E-state index in [9.17, 15) is 14.0 Å². The van der Waals surface area contributed by atoms with Gasteiger partial charge in [0.2, 0.25) is 0 Å². The third kappa shape index (κ3) is 3.30. The van der Waals surface area contributed by atoms with Gasteiger partial charge in [-0.25, -0.2) is 4.39 Å². The molecule has 1 saturated heterocycles. The van der Waals surface area contributed by atoms with E-state index in [1.807, 2.05) is 31.2 Å². The zero-order valence-electron chi connectivity index (χ0n) is 13.5. The highest BCUT2D eigenvalue weighted by atomic mass is 19.1. The molecular formula is C19H19FN2O2. The number of carbonyl (C=O) groups is 2. The second kappa shape index (κ2) is 6.83. The Morgan fingerprint density at radius 1 is 0.833 bits per heavy atom. The highest BCUT2D eigenvalue weighted by molar-refractivity contribution is 5.96. The average Bonchev–Trinajstić information content (AvgIpc) is 2.62. The van der Waals surface area contributed by atoms with Crippen LogP contribution < -0.4 is 0 Å². The van der Waals surface area contributed by atoms with Gasteiger partial charge in [0, 0.05) is 37.3 Å². The summed E-state index contributed by atoms with van der Waals surface area (Å²) in [6, 6.07) is 13.1. The van der Waals surface area contributed by atoms with Crippen molar-refractivity contribution in [2.24, 2.45) is 0 Å². The second-order valence-corrected chi connectivity index (χ2v) is 5.91. The first-order valence-corrected chi connectivity index (χ1v) is 7.96. The normalized spacial score (nSPS) is 14.6. The molecule has 124 valence electrons. The van der Waals surface area contributed by atoms with Gasteiger partial charge in [-0.2, -0.15) is 0 Å². The molecule has 0 radical (unpaired) electrons. The van der Waals surface area contributed by atoms with Crippen LogP contribution in [0.4, 0.5) is 4.39 Å². The van der Waals surface area contributed by atoms with Gasteiger partial charge in [-0.1, -0.05) is 18.2 Å². The van der Waals surface area contributed by atoms with E-state index in [-0.39, 0.29) is 17.6 Å². The minimum atomic E-state index is -0.361. The van der Waals surface area contributed by atoms with Crippen molar-refractivity contribution in [1.82, 2.24) is 9.80 Å². The van der Waals surface area contributed by atoms with Crippen molar-refractivity contribution in [2.45, 2.75) is 6.92 Å². The third-order valence-corrected chi connectivity index (χ3v) is 4.32. The lowest BCUT2D eigenvalue weighted by molar-refractivity contribution is 0.0535. The molecule has 0 N–H and O–H groups in total. The molecule has 0 aromatic heterocycles. The van der Waals surface area contributed by atoms with Gasteiger partial charge in [0.05, 0.1) is 0 Å². The van der Waals surface area contributed by atoms with Crippen LogP contribution in [0.2, 0.25) is 0 Å². The van der Waals surface area contributed by atoms with Crippen LogP contribution in [0.25, 0.3) is 0 Å². The summed E-state index contributed by atoms with van der Waals surface area (Å²) >= 11 is 0. The molecule has 2 amide bonds. The van der Waals surface area contributed by atoms with E-state index in [4.69, 9.17) is 0 Å². The molecule has 0 spiro atoms. The molecule has 0 bridgehead atoms. The number of halogens is 1. The largest absolute Gasteiger partial charge is 0.335 e. The van der Waals surface area contributed by atoms with Crippen molar-refractivity contribution in [3.05, 3.63) is 71.0 Å². The number of carbonyl (C=O) groups excluding carboxylic acids is 2. The molecule has 0 unspecified atom stereocenters. The fourth-order valence-electron chi connectivity index (χ4n) is 2.87. The van der Waals surface area contributed by atoms with Crippen molar-refractivity contribution in [3.63, 3.8) is 0 Å². The first-order valence-electron chi connectivity index (χ1n) is 7.96. The Morgan fingerprint density at radius 3 is 1.96 bits per heavy atom. The first kappa shape index (κ1) is 16.2. The van der Waals surface area contributed by atoms with Gasteiger partial charge in [0.15, 0.2) is 0 Å². The molecule has 3 rings (SSSR count).